The molecule has 5 rings (SSSR count). The molecule has 8 nitrogen and oxygen atoms in total. The largest absolute Gasteiger partial charge is 0.321 e. The van der Waals surface area contributed by atoms with Gasteiger partial charge in [-0.25, -0.2) is 0 Å². The number of anilines is 2. The van der Waals surface area contributed by atoms with Gasteiger partial charge in [-0.1, -0.05) is 111 Å². The maximum Gasteiger partial charge on any atom is 0.272 e. The lowest BCUT2D eigenvalue weighted by atomic mass is 10.0. The number of amides is 3. The Kier molecular flexibility index (Phi) is 12.2. The van der Waals surface area contributed by atoms with Gasteiger partial charge in [0.25, 0.3) is 11.8 Å². The number of hydrogen-bond donors (Lipinski definition) is 3. The van der Waals surface area contributed by atoms with E-state index in [1.54, 1.807) is 42.5 Å². The monoisotopic (exact) mass is 693 g/mol. The van der Waals surface area contributed by atoms with Gasteiger partial charge in [0.15, 0.2) is 0 Å². The van der Waals surface area contributed by atoms with Crippen molar-refractivity contribution < 1.29 is 14.4 Å². The molecular weight excluding hydrogens is 659 g/mol. The van der Waals surface area contributed by atoms with E-state index >= 15 is 0 Å². The van der Waals surface area contributed by atoms with Crippen molar-refractivity contribution in [3.05, 3.63) is 137 Å². The molecule has 3 N–H and O–H groups in total. The highest BCUT2D eigenvalue weighted by atomic mass is 32.2. The Morgan fingerprint density at radius 3 is 2.23 bits per heavy atom. The van der Waals surface area contributed by atoms with Crippen LogP contribution in [0.1, 0.15) is 59.0 Å². The van der Waals surface area contributed by atoms with E-state index in [0.717, 1.165) is 33.3 Å². The van der Waals surface area contributed by atoms with Gasteiger partial charge in [0, 0.05) is 27.7 Å². The van der Waals surface area contributed by atoms with Crippen LogP contribution in [0.25, 0.3) is 6.08 Å². The van der Waals surface area contributed by atoms with Gasteiger partial charge in [0.1, 0.15) is 10.9 Å². The van der Waals surface area contributed by atoms with Crippen molar-refractivity contribution in [3.63, 3.8) is 0 Å². The normalized spacial score (nSPS) is 12.0. The average Bonchev–Trinajstić information content (AvgIpc) is 3.54. The second kappa shape index (κ2) is 16.9. The summed E-state index contributed by atoms with van der Waals surface area (Å²) in [5, 5.41) is 9.12. The summed E-state index contributed by atoms with van der Waals surface area (Å²) >= 11 is 4.01. The number of nitrogens with zero attached hydrogens (tertiary/aromatic N) is 2. The van der Waals surface area contributed by atoms with Crippen molar-refractivity contribution in [2.24, 2.45) is 0 Å². The van der Waals surface area contributed by atoms with Crippen LogP contribution in [0.4, 0.5) is 10.8 Å². The van der Waals surface area contributed by atoms with Crippen molar-refractivity contribution in [2.45, 2.75) is 42.0 Å². The van der Waals surface area contributed by atoms with Crippen LogP contribution in [0.2, 0.25) is 0 Å². The summed E-state index contributed by atoms with van der Waals surface area (Å²) in [6.45, 7) is 6.25. The topological polar surface area (TPSA) is 113 Å². The SMILES string of the molecule is CCSc1nsc(NC(=O)C(Sc2cccc(NC(=O)/C(=C\c3ccc(C(C)C)cc3)NC(=O)c3ccccc3)c2)c2ccccc2)n1. The Balaban J connectivity index is 1.36. The average molecular weight is 694 g/mol. The fourth-order valence-corrected chi connectivity index (χ4v) is 6.94. The van der Waals surface area contributed by atoms with Crippen LogP contribution in [0, 0.1) is 0 Å². The zero-order valence-electron chi connectivity index (χ0n) is 26.7. The van der Waals surface area contributed by atoms with Gasteiger partial charge in [-0.05, 0) is 64.8 Å². The van der Waals surface area contributed by atoms with E-state index in [0.29, 0.717) is 27.5 Å². The standard InChI is InChI=1S/C37H35N5O3S3/c1-4-46-37-41-36(48-42-37)40-35(45)32(27-12-7-5-8-13-27)47-30-17-11-16-29(23-30)38-34(44)31(39-33(43)28-14-9-6-10-15-28)22-25-18-20-26(21-19-25)24(2)3/h5-24,32H,4H2,1-3H3,(H,38,44)(H,39,43)(H,40,41,42,45)/b31-22+. The van der Waals surface area contributed by atoms with Gasteiger partial charge < -0.3 is 10.6 Å². The van der Waals surface area contributed by atoms with Crippen LogP contribution in [-0.4, -0.2) is 32.8 Å². The molecule has 0 aliphatic carbocycles. The number of benzene rings is 4. The van der Waals surface area contributed by atoms with Gasteiger partial charge in [-0.15, -0.1) is 11.8 Å². The van der Waals surface area contributed by atoms with E-state index in [2.05, 4.69) is 39.2 Å². The molecule has 5 aromatic rings. The molecule has 0 fully saturated rings. The third kappa shape index (κ3) is 9.66. The smallest absolute Gasteiger partial charge is 0.272 e. The summed E-state index contributed by atoms with van der Waals surface area (Å²) in [5.74, 6) is 0.0867. The van der Waals surface area contributed by atoms with E-state index in [1.807, 2.05) is 79.7 Å². The summed E-state index contributed by atoms with van der Waals surface area (Å²) in [6.07, 6.45) is 1.66. The maximum atomic E-state index is 13.7. The van der Waals surface area contributed by atoms with Crippen LogP contribution in [0.15, 0.2) is 125 Å². The van der Waals surface area contributed by atoms with Gasteiger partial charge in [0.2, 0.25) is 16.2 Å². The molecule has 0 saturated carbocycles. The van der Waals surface area contributed by atoms with E-state index < -0.39 is 17.1 Å². The predicted molar refractivity (Wildman–Crippen MR) is 197 cm³/mol. The second-order valence-electron chi connectivity index (χ2n) is 10.9. The third-order valence-corrected chi connectivity index (χ3v) is 9.76. The van der Waals surface area contributed by atoms with Crippen molar-refractivity contribution in [2.75, 3.05) is 16.4 Å². The number of thioether (sulfide) groups is 2. The fraction of sp³-hybridized carbons (Fsp3) is 0.162. The van der Waals surface area contributed by atoms with Crippen molar-refractivity contribution in [3.8, 4) is 0 Å². The molecule has 0 spiro atoms. The number of hydrogen-bond acceptors (Lipinski definition) is 8. The highest BCUT2D eigenvalue weighted by molar-refractivity contribution is 8.00. The number of aromatic nitrogens is 2. The van der Waals surface area contributed by atoms with Crippen molar-refractivity contribution in [1.29, 1.82) is 0 Å². The molecule has 1 heterocycles. The predicted octanol–water partition coefficient (Wildman–Crippen LogP) is 8.66. The summed E-state index contributed by atoms with van der Waals surface area (Å²) in [4.78, 5) is 45.5. The molecule has 48 heavy (non-hydrogen) atoms. The van der Waals surface area contributed by atoms with Gasteiger partial charge in [-0.3, -0.25) is 19.7 Å². The molecule has 0 aliphatic rings. The first-order valence-electron chi connectivity index (χ1n) is 15.4. The summed E-state index contributed by atoms with van der Waals surface area (Å²) < 4.78 is 4.30. The lowest BCUT2D eigenvalue weighted by molar-refractivity contribution is -0.116. The molecular formula is C37H35N5O3S3. The van der Waals surface area contributed by atoms with E-state index in [1.165, 1.54) is 29.1 Å². The Morgan fingerprint density at radius 2 is 1.54 bits per heavy atom. The van der Waals surface area contributed by atoms with Crippen molar-refractivity contribution >= 4 is 69.7 Å². The summed E-state index contributed by atoms with van der Waals surface area (Å²) in [6, 6.07) is 33.4. The number of rotatable bonds is 13. The summed E-state index contributed by atoms with van der Waals surface area (Å²) in [7, 11) is 0. The van der Waals surface area contributed by atoms with Crippen LogP contribution >= 0.6 is 35.1 Å². The van der Waals surface area contributed by atoms with E-state index in [4.69, 9.17) is 0 Å². The third-order valence-electron chi connectivity index (χ3n) is 7.04. The molecule has 11 heteroatoms. The van der Waals surface area contributed by atoms with Gasteiger partial charge in [-0.2, -0.15) is 9.36 Å². The number of carbonyl (C=O) groups is 3. The Bertz CT molecular complexity index is 1880. The Labute approximate surface area is 293 Å². The van der Waals surface area contributed by atoms with Gasteiger partial charge >= 0.3 is 0 Å². The van der Waals surface area contributed by atoms with Crippen LogP contribution in [0.5, 0.6) is 0 Å². The minimum Gasteiger partial charge on any atom is -0.321 e. The van der Waals surface area contributed by atoms with E-state index in [9.17, 15) is 14.4 Å². The molecule has 1 atom stereocenters. The van der Waals surface area contributed by atoms with Crippen LogP contribution in [-0.2, 0) is 9.59 Å². The zero-order chi connectivity index (χ0) is 33.9. The number of carbonyl (C=O) groups excluding carboxylic acids is 3. The first kappa shape index (κ1) is 34.6. The van der Waals surface area contributed by atoms with Gasteiger partial charge in [0.05, 0.1) is 0 Å². The molecule has 1 unspecified atom stereocenters. The molecule has 3 amide bonds. The first-order chi connectivity index (χ1) is 23.3. The lowest BCUT2D eigenvalue weighted by Gasteiger charge is -2.17. The van der Waals surface area contributed by atoms with Crippen LogP contribution < -0.4 is 16.0 Å². The molecule has 0 bridgehead atoms. The summed E-state index contributed by atoms with van der Waals surface area (Å²) in [5.41, 5.74) is 3.81. The minimum absolute atomic E-state index is 0.0957. The fourth-order valence-electron chi connectivity index (χ4n) is 4.59. The molecule has 1 aromatic heterocycles. The molecule has 244 valence electrons. The van der Waals surface area contributed by atoms with Crippen LogP contribution in [0.3, 0.4) is 0 Å². The first-order valence-corrected chi connectivity index (χ1v) is 18.0. The number of nitrogens with one attached hydrogen (secondary N) is 3. The zero-order valence-corrected chi connectivity index (χ0v) is 29.1. The molecule has 0 radical (unpaired) electrons. The molecule has 0 aliphatic heterocycles. The molecule has 4 aromatic carbocycles. The highest BCUT2D eigenvalue weighted by Gasteiger charge is 2.24. The molecule has 0 saturated heterocycles. The van der Waals surface area contributed by atoms with E-state index in [-0.39, 0.29) is 11.6 Å². The maximum absolute atomic E-state index is 13.7. The van der Waals surface area contributed by atoms with Crippen molar-refractivity contribution in [1.82, 2.24) is 14.7 Å². The highest BCUT2D eigenvalue weighted by Crippen LogP contribution is 2.37. The quantitative estimate of drug-likeness (QED) is 0.0836. The Morgan fingerprint density at radius 1 is 0.833 bits per heavy atom. The lowest BCUT2D eigenvalue weighted by Crippen LogP contribution is -2.30. The second-order valence-corrected chi connectivity index (χ2v) is 14.1. The minimum atomic E-state index is -0.599. The Hall–Kier alpha value is -4.71.